The highest BCUT2D eigenvalue weighted by Gasteiger charge is 2.12. The molecule has 0 spiro atoms. The molecule has 1 aliphatic rings. The average molecular weight is 269 g/mol. The van der Waals surface area contributed by atoms with Gasteiger partial charge in [0.1, 0.15) is 0 Å². The van der Waals surface area contributed by atoms with Crippen LogP contribution in [-0.2, 0) is 4.74 Å². The molecule has 1 atom stereocenters. The maximum atomic E-state index is 5.90. The van der Waals surface area contributed by atoms with E-state index in [1.54, 1.807) is 0 Å². The summed E-state index contributed by atoms with van der Waals surface area (Å²) < 4.78 is 5.90. The third-order valence-electron chi connectivity index (χ3n) is 3.74. The zero-order valence-electron chi connectivity index (χ0n) is 12.9. The molecule has 0 radical (unpaired) electrons. The summed E-state index contributed by atoms with van der Waals surface area (Å²) in [4.78, 5) is 4.22. The van der Waals surface area contributed by atoms with E-state index in [0.717, 1.165) is 32.0 Å². The van der Waals surface area contributed by atoms with Gasteiger partial charge >= 0.3 is 0 Å². The molecule has 4 heteroatoms. The van der Waals surface area contributed by atoms with Crippen LogP contribution in [0.1, 0.15) is 58.8 Å². The smallest absolute Gasteiger partial charge is 0.191 e. The molecule has 0 bridgehead atoms. The Kier molecular flexibility index (Phi) is 8.63. The van der Waals surface area contributed by atoms with Gasteiger partial charge in [-0.3, -0.25) is 4.99 Å². The van der Waals surface area contributed by atoms with Crippen LogP contribution in [0.5, 0.6) is 0 Å². The predicted molar refractivity (Wildman–Crippen MR) is 81.7 cm³/mol. The molecule has 2 N–H and O–H groups in total. The van der Waals surface area contributed by atoms with Crippen LogP contribution >= 0.6 is 0 Å². The fourth-order valence-corrected chi connectivity index (χ4v) is 2.29. The lowest BCUT2D eigenvalue weighted by molar-refractivity contribution is 0.0277. The van der Waals surface area contributed by atoms with Gasteiger partial charge in [-0.25, -0.2) is 0 Å². The fourth-order valence-electron chi connectivity index (χ4n) is 2.29. The molecule has 1 unspecified atom stereocenters. The summed E-state index contributed by atoms with van der Waals surface area (Å²) in [6, 6.07) is 0.463. The molecule has 0 heterocycles. The van der Waals surface area contributed by atoms with E-state index in [1.165, 1.54) is 32.1 Å². The summed E-state index contributed by atoms with van der Waals surface area (Å²) in [5.74, 6) is 0.895. The van der Waals surface area contributed by atoms with Gasteiger partial charge in [0.25, 0.3) is 0 Å². The van der Waals surface area contributed by atoms with E-state index in [0.29, 0.717) is 12.1 Å². The topological polar surface area (TPSA) is 45.7 Å². The number of nitrogens with zero attached hydrogens (tertiary/aromatic N) is 1. The number of ether oxygens (including phenoxy) is 1. The van der Waals surface area contributed by atoms with E-state index in [2.05, 4.69) is 29.5 Å². The Bertz CT molecular complexity index is 250. The molecule has 0 saturated heterocycles. The largest absolute Gasteiger partial charge is 0.378 e. The SMILES string of the molecule is CCC(C)NC(=NC)NCCCOC1CCCCC1. The quantitative estimate of drug-likeness (QED) is 0.424. The van der Waals surface area contributed by atoms with Crippen LogP contribution in [0.15, 0.2) is 4.99 Å². The standard InChI is InChI=1S/C15H31N3O/c1-4-13(2)18-15(16-3)17-11-8-12-19-14-9-6-5-7-10-14/h13-14H,4-12H2,1-3H3,(H2,16,17,18). The van der Waals surface area contributed by atoms with Crippen LogP contribution in [0.4, 0.5) is 0 Å². The summed E-state index contributed by atoms with van der Waals surface area (Å²) in [7, 11) is 1.82. The Balaban J connectivity index is 2.02. The third-order valence-corrected chi connectivity index (χ3v) is 3.74. The predicted octanol–water partition coefficient (Wildman–Crippen LogP) is 2.69. The summed E-state index contributed by atoms with van der Waals surface area (Å²) >= 11 is 0. The van der Waals surface area contributed by atoms with Crippen molar-refractivity contribution in [3.63, 3.8) is 0 Å². The first-order chi connectivity index (χ1) is 9.26. The molecule has 0 aliphatic heterocycles. The first-order valence-corrected chi connectivity index (χ1v) is 7.85. The Morgan fingerprint density at radius 2 is 2.05 bits per heavy atom. The minimum Gasteiger partial charge on any atom is -0.378 e. The molecule has 112 valence electrons. The minimum atomic E-state index is 0.463. The van der Waals surface area contributed by atoms with E-state index in [9.17, 15) is 0 Å². The van der Waals surface area contributed by atoms with Gasteiger partial charge in [0.05, 0.1) is 6.10 Å². The molecule has 0 aromatic carbocycles. The van der Waals surface area contributed by atoms with Crippen LogP contribution < -0.4 is 10.6 Å². The van der Waals surface area contributed by atoms with Crippen molar-refractivity contribution in [1.29, 1.82) is 0 Å². The normalized spacial score (nSPS) is 19.2. The number of aliphatic imine (C=N–C) groups is 1. The van der Waals surface area contributed by atoms with Crippen molar-refractivity contribution in [2.45, 2.75) is 70.9 Å². The maximum Gasteiger partial charge on any atom is 0.191 e. The van der Waals surface area contributed by atoms with Crippen molar-refractivity contribution >= 4 is 5.96 Å². The number of guanidine groups is 1. The van der Waals surface area contributed by atoms with E-state index < -0.39 is 0 Å². The summed E-state index contributed by atoms with van der Waals surface area (Å²) in [5.41, 5.74) is 0. The monoisotopic (exact) mass is 269 g/mol. The van der Waals surface area contributed by atoms with Crippen LogP contribution in [0.2, 0.25) is 0 Å². The van der Waals surface area contributed by atoms with Gasteiger partial charge in [0, 0.05) is 26.2 Å². The number of hydrogen-bond donors (Lipinski definition) is 2. The second-order valence-electron chi connectivity index (χ2n) is 5.44. The van der Waals surface area contributed by atoms with Crippen molar-refractivity contribution in [3.05, 3.63) is 0 Å². The van der Waals surface area contributed by atoms with Gasteiger partial charge in [-0.2, -0.15) is 0 Å². The van der Waals surface area contributed by atoms with Gasteiger partial charge in [-0.05, 0) is 32.6 Å². The van der Waals surface area contributed by atoms with Gasteiger partial charge in [-0.15, -0.1) is 0 Å². The van der Waals surface area contributed by atoms with Crippen molar-refractivity contribution in [3.8, 4) is 0 Å². The maximum absolute atomic E-state index is 5.90. The molecule has 0 aromatic heterocycles. The summed E-state index contributed by atoms with van der Waals surface area (Å²) in [5, 5.41) is 6.69. The van der Waals surface area contributed by atoms with Gasteiger partial charge < -0.3 is 15.4 Å². The van der Waals surface area contributed by atoms with Gasteiger partial charge in [0.15, 0.2) is 5.96 Å². The first kappa shape index (κ1) is 16.3. The molecule has 0 aromatic rings. The molecule has 1 rings (SSSR count). The van der Waals surface area contributed by atoms with Crippen molar-refractivity contribution in [1.82, 2.24) is 10.6 Å². The van der Waals surface area contributed by atoms with Crippen LogP contribution in [0, 0.1) is 0 Å². The van der Waals surface area contributed by atoms with E-state index in [-0.39, 0.29) is 0 Å². The number of hydrogen-bond acceptors (Lipinski definition) is 2. The Morgan fingerprint density at radius 1 is 1.32 bits per heavy atom. The van der Waals surface area contributed by atoms with Gasteiger partial charge in [-0.1, -0.05) is 26.2 Å². The molecule has 0 amide bonds. The van der Waals surface area contributed by atoms with Crippen LogP contribution in [0.3, 0.4) is 0 Å². The Morgan fingerprint density at radius 3 is 2.68 bits per heavy atom. The minimum absolute atomic E-state index is 0.463. The fraction of sp³-hybridized carbons (Fsp3) is 0.933. The van der Waals surface area contributed by atoms with Crippen LogP contribution in [0.25, 0.3) is 0 Å². The average Bonchev–Trinajstić information content (AvgIpc) is 2.46. The Labute approximate surface area is 118 Å². The van der Waals surface area contributed by atoms with Crippen molar-refractivity contribution in [2.75, 3.05) is 20.2 Å². The lowest BCUT2D eigenvalue weighted by atomic mass is 9.98. The molecule has 4 nitrogen and oxygen atoms in total. The van der Waals surface area contributed by atoms with E-state index in [1.807, 2.05) is 7.05 Å². The Hall–Kier alpha value is -0.770. The summed E-state index contributed by atoms with van der Waals surface area (Å²) in [6.07, 6.45) is 9.24. The number of nitrogens with one attached hydrogen (secondary N) is 2. The second-order valence-corrected chi connectivity index (χ2v) is 5.44. The second kappa shape index (κ2) is 10.1. The zero-order chi connectivity index (χ0) is 13.9. The highest BCUT2D eigenvalue weighted by molar-refractivity contribution is 5.79. The summed E-state index contributed by atoms with van der Waals surface area (Å²) in [6.45, 7) is 6.11. The van der Waals surface area contributed by atoms with Gasteiger partial charge in [0.2, 0.25) is 0 Å². The van der Waals surface area contributed by atoms with E-state index in [4.69, 9.17) is 4.74 Å². The van der Waals surface area contributed by atoms with Crippen molar-refractivity contribution in [2.24, 2.45) is 4.99 Å². The van der Waals surface area contributed by atoms with Crippen molar-refractivity contribution < 1.29 is 4.74 Å². The highest BCUT2D eigenvalue weighted by Crippen LogP contribution is 2.20. The lowest BCUT2D eigenvalue weighted by Gasteiger charge is -2.22. The molecular formula is C15H31N3O. The molecule has 1 saturated carbocycles. The van der Waals surface area contributed by atoms with E-state index >= 15 is 0 Å². The molecule has 1 fully saturated rings. The lowest BCUT2D eigenvalue weighted by Crippen LogP contribution is -2.42. The zero-order valence-corrected chi connectivity index (χ0v) is 12.9. The first-order valence-electron chi connectivity index (χ1n) is 7.85. The molecule has 19 heavy (non-hydrogen) atoms. The third kappa shape index (κ3) is 7.41. The molecule has 1 aliphatic carbocycles. The highest BCUT2D eigenvalue weighted by atomic mass is 16.5. The molecular weight excluding hydrogens is 238 g/mol. The number of rotatable bonds is 7. The van der Waals surface area contributed by atoms with Crippen LogP contribution in [-0.4, -0.2) is 38.3 Å².